The van der Waals surface area contributed by atoms with Crippen molar-refractivity contribution in [3.8, 4) is 0 Å². The van der Waals surface area contributed by atoms with Crippen molar-refractivity contribution in [3.05, 3.63) is 24.0 Å². The van der Waals surface area contributed by atoms with Crippen LogP contribution in [0.3, 0.4) is 0 Å². The summed E-state index contributed by atoms with van der Waals surface area (Å²) >= 11 is 0. The Bertz CT molecular complexity index is 333. The van der Waals surface area contributed by atoms with Crippen molar-refractivity contribution in [2.45, 2.75) is 39.7 Å². The first-order valence-corrected chi connectivity index (χ1v) is 5.23. The van der Waals surface area contributed by atoms with Crippen LogP contribution in [0, 0.1) is 5.41 Å². The molecule has 2 heteroatoms. The maximum absolute atomic E-state index is 4.71. The Balaban J connectivity index is 2.11. The lowest BCUT2D eigenvalue weighted by atomic mass is 9.81. The summed E-state index contributed by atoms with van der Waals surface area (Å²) in [5.74, 6) is 0. The molecule has 0 fully saturated rings. The van der Waals surface area contributed by atoms with Crippen LogP contribution in [0.2, 0.25) is 0 Å². The molecule has 1 aromatic rings. The summed E-state index contributed by atoms with van der Waals surface area (Å²) < 4.78 is 0. The Labute approximate surface area is 85.4 Å². The Hall–Kier alpha value is -1.05. The van der Waals surface area contributed by atoms with E-state index in [0.717, 1.165) is 12.8 Å². The van der Waals surface area contributed by atoms with Gasteiger partial charge in [-0.15, -0.1) is 0 Å². The molecular weight excluding hydrogens is 172 g/mol. The zero-order valence-electron chi connectivity index (χ0n) is 9.17. The van der Waals surface area contributed by atoms with E-state index in [1.807, 2.05) is 12.3 Å². The van der Waals surface area contributed by atoms with Gasteiger partial charge in [0.25, 0.3) is 0 Å². The highest BCUT2D eigenvalue weighted by Crippen LogP contribution is 2.35. The number of nitrogens with zero attached hydrogens (tertiary/aromatic N) is 1. The molecule has 2 heterocycles. The van der Waals surface area contributed by atoms with Crippen molar-refractivity contribution >= 4 is 5.71 Å². The van der Waals surface area contributed by atoms with Crippen LogP contribution < -0.4 is 0 Å². The molecule has 0 aliphatic carbocycles. The molecule has 1 aliphatic rings. The summed E-state index contributed by atoms with van der Waals surface area (Å²) in [4.78, 5) is 7.96. The van der Waals surface area contributed by atoms with E-state index in [0.29, 0.717) is 11.5 Å². The van der Waals surface area contributed by atoms with Gasteiger partial charge in [-0.2, -0.15) is 0 Å². The number of nitrogens with one attached hydrogen (secondary N) is 1. The van der Waals surface area contributed by atoms with Crippen LogP contribution >= 0.6 is 0 Å². The predicted molar refractivity (Wildman–Crippen MR) is 59.8 cm³/mol. The van der Waals surface area contributed by atoms with Gasteiger partial charge in [-0.3, -0.25) is 4.99 Å². The highest BCUT2D eigenvalue weighted by Gasteiger charge is 2.34. The molecule has 1 aliphatic heterocycles. The monoisotopic (exact) mass is 190 g/mol. The van der Waals surface area contributed by atoms with Crippen LogP contribution in [0.5, 0.6) is 0 Å². The maximum Gasteiger partial charge on any atom is 0.0607 e. The average molecular weight is 190 g/mol. The third kappa shape index (κ3) is 1.74. The van der Waals surface area contributed by atoms with Crippen molar-refractivity contribution < 1.29 is 0 Å². The highest BCUT2D eigenvalue weighted by molar-refractivity contribution is 5.84. The Morgan fingerprint density at radius 3 is 2.86 bits per heavy atom. The molecule has 76 valence electrons. The van der Waals surface area contributed by atoms with Gasteiger partial charge in [0.05, 0.1) is 6.04 Å². The molecular formula is C12H18N2. The van der Waals surface area contributed by atoms with Gasteiger partial charge in [0.1, 0.15) is 0 Å². The lowest BCUT2D eigenvalue weighted by molar-refractivity contribution is 0.320. The summed E-state index contributed by atoms with van der Waals surface area (Å²) in [7, 11) is 0. The summed E-state index contributed by atoms with van der Waals surface area (Å²) in [5.41, 5.74) is 2.92. The first-order valence-electron chi connectivity index (χ1n) is 5.23. The van der Waals surface area contributed by atoms with E-state index in [1.165, 1.54) is 11.4 Å². The van der Waals surface area contributed by atoms with E-state index in [-0.39, 0.29) is 0 Å². The Kier molecular flexibility index (Phi) is 2.22. The van der Waals surface area contributed by atoms with E-state index in [9.17, 15) is 0 Å². The Morgan fingerprint density at radius 1 is 1.57 bits per heavy atom. The highest BCUT2D eigenvalue weighted by atomic mass is 14.9. The molecule has 2 rings (SSSR count). The van der Waals surface area contributed by atoms with Gasteiger partial charge >= 0.3 is 0 Å². The third-order valence-corrected chi connectivity index (χ3v) is 3.07. The summed E-state index contributed by atoms with van der Waals surface area (Å²) in [6, 6.07) is 4.63. The molecule has 14 heavy (non-hydrogen) atoms. The Morgan fingerprint density at radius 2 is 2.36 bits per heavy atom. The summed E-state index contributed by atoms with van der Waals surface area (Å²) in [6.07, 6.45) is 4.16. The largest absolute Gasteiger partial charge is 0.365 e. The van der Waals surface area contributed by atoms with Gasteiger partial charge in [0, 0.05) is 24.0 Å². The molecule has 1 aromatic heterocycles. The van der Waals surface area contributed by atoms with Crippen molar-refractivity contribution in [2.24, 2.45) is 10.4 Å². The van der Waals surface area contributed by atoms with E-state index < -0.39 is 0 Å². The number of aromatic nitrogens is 1. The van der Waals surface area contributed by atoms with Gasteiger partial charge in [-0.1, -0.05) is 13.8 Å². The minimum absolute atomic E-state index is 0.329. The lowest BCUT2D eigenvalue weighted by Gasteiger charge is -2.24. The van der Waals surface area contributed by atoms with E-state index >= 15 is 0 Å². The number of hydrogen-bond donors (Lipinski definition) is 1. The second-order valence-corrected chi connectivity index (χ2v) is 4.95. The summed E-state index contributed by atoms with van der Waals surface area (Å²) in [6.45, 7) is 6.75. The molecule has 0 saturated carbocycles. The molecule has 0 spiro atoms. The maximum atomic E-state index is 4.71. The van der Waals surface area contributed by atoms with Crippen LogP contribution in [0.15, 0.2) is 23.3 Å². The van der Waals surface area contributed by atoms with Gasteiger partial charge in [0.15, 0.2) is 0 Å². The van der Waals surface area contributed by atoms with Crippen LogP contribution in [0.4, 0.5) is 0 Å². The number of H-pyrrole nitrogens is 1. The smallest absolute Gasteiger partial charge is 0.0607 e. The molecule has 1 N–H and O–H groups in total. The molecule has 0 aromatic carbocycles. The van der Waals surface area contributed by atoms with Crippen LogP contribution in [0.1, 0.15) is 32.9 Å². The van der Waals surface area contributed by atoms with Crippen LogP contribution in [-0.4, -0.2) is 16.7 Å². The van der Waals surface area contributed by atoms with Gasteiger partial charge in [-0.25, -0.2) is 0 Å². The first-order chi connectivity index (χ1) is 6.58. The summed E-state index contributed by atoms with van der Waals surface area (Å²) in [5, 5.41) is 0. The minimum Gasteiger partial charge on any atom is -0.365 e. The minimum atomic E-state index is 0.329. The van der Waals surface area contributed by atoms with Crippen molar-refractivity contribution in [2.75, 3.05) is 0 Å². The second-order valence-electron chi connectivity index (χ2n) is 4.95. The number of aromatic amines is 1. The predicted octanol–water partition coefficient (Wildman–Crippen LogP) is 2.82. The fraction of sp³-hybridized carbons (Fsp3) is 0.583. The van der Waals surface area contributed by atoms with Gasteiger partial charge < -0.3 is 4.98 Å². The first kappa shape index (κ1) is 9.50. The molecule has 0 bridgehead atoms. The zero-order valence-corrected chi connectivity index (χ0v) is 9.17. The number of hydrogen-bond acceptors (Lipinski definition) is 1. The fourth-order valence-electron chi connectivity index (χ4n) is 2.29. The van der Waals surface area contributed by atoms with Crippen molar-refractivity contribution in [1.29, 1.82) is 0 Å². The third-order valence-electron chi connectivity index (χ3n) is 3.07. The topological polar surface area (TPSA) is 28.1 Å². The zero-order chi connectivity index (χ0) is 10.2. The molecule has 2 nitrogen and oxygen atoms in total. The second kappa shape index (κ2) is 3.26. The quantitative estimate of drug-likeness (QED) is 0.743. The van der Waals surface area contributed by atoms with Crippen molar-refractivity contribution in [3.63, 3.8) is 0 Å². The fourth-order valence-corrected chi connectivity index (χ4v) is 2.29. The standard InChI is InChI=1S/C12H18N2/c1-9-8-12(2,3)11(14-9)7-10-5-4-6-13-10/h4-6,11,13H,7-8H2,1-3H3. The molecule has 1 unspecified atom stereocenters. The average Bonchev–Trinajstić information content (AvgIpc) is 2.61. The van der Waals surface area contributed by atoms with Crippen LogP contribution in [0.25, 0.3) is 0 Å². The van der Waals surface area contributed by atoms with Gasteiger partial charge in [-0.05, 0) is 30.9 Å². The van der Waals surface area contributed by atoms with Gasteiger partial charge in [0.2, 0.25) is 0 Å². The van der Waals surface area contributed by atoms with E-state index in [1.54, 1.807) is 0 Å². The van der Waals surface area contributed by atoms with E-state index in [2.05, 4.69) is 31.8 Å². The lowest BCUT2D eigenvalue weighted by Crippen LogP contribution is -2.25. The number of rotatable bonds is 2. The van der Waals surface area contributed by atoms with Crippen LogP contribution in [-0.2, 0) is 6.42 Å². The number of aliphatic imine (C=N–C) groups is 1. The SMILES string of the molecule is CC1=NC(Cc2ccc[nH]2)C(C)(C)C1. The normalized spacial score (nSPS) is 25.1. The van der Waals surface area contributed by atoms with E-state index in [4.69, 9.17) is 4.99 Å². The molecule has 0 saturated heterocycles. The van der Waals surface area contributed by atoms with Crippen molar-refractivity contribution in [1.82, 2.24) is 4.98 Å². The molecule has 0 radical (unpaired) electrons. The molecule has 1 atom stereocenters. The molecule has 0 amide bonds.